The Morgan fingerprint density at radius 3 is 2.72 bits per heavy atom. The van der Waals surface area contributed by atoms with E-state index in [2.05, 4.69) is 51.1 Å². The second-order valence-corrected chi connectivity index (χ2v) is 7.16. The highest BCUT2D eigenvalue weighted by atomic mass is 127. The summed E-state index contributed by atoms with van der Waals surface area (Å²) in [5, 5.41) is 3.39. The van der Waals surface area contributed by atoms with Crippen molar-refractivity contribution in [3.8, 4) is 11.3 Å². The Kier molecular flexibility index (Phi) is 9.89. The van der Waals surface area contributed by atoms with E-state index < -0.39 is 0 Å². The summed E-state index contributed by atoms with van der Waals surface area (Å²) in [5.41, 5.74) is 2.18. The van der Waals surface area contributed by atoms with E-state index in [1.54, 1.807) is 0 Å². The molecular formula is C21H33IN6O. The molecule has 1 saturated heterocycles. The summed E-state index contributed by atoms with van der Waals surface area (Å²) in [6.45, 7) is 10.2. The molecule has 0 amide bonds. The van der Waals surface area contributed by atoms with Crippen molar-refractivity contribution in [1.29, 1.82) is 0 Å². The predicted molar refractivity (Wildman–Crippen MR) is 129 cm³/mol. The summed E-state index contributed by atoms with van der Waals surface area (Å²) in [6, 6.07) is 10.7. The van der Waals surface area contributed by atoms with Gasteiger partial charge in [0.1, 0.15) is 5.82 Å². The number of rotatable bonds is 7. The molecule has 0 aliphatic carbocycles. The van der Waals surface area contributed by atoms with Crippen molar-refractivity contribution in [3.05, 3.63) is 42.4 Å². The third-order valence-corrected chi connectivity index (χ3v) is 4.97. The highest BCUT2D eigenvalue weighted by Crippen LogP contribution is 2.16. The quantitative estimate of drug-likeness (QED) is 0.340. The van der Waals surface area contributed by atoms with Gasteiger partial charge in [0, 0.05) is 32.7 Å². The van der Waals surface area contributed by atoms with Crippen LogP contribution < -0.4 is 5.32 Å². The molecular weight excluding hydrogens is 479 g/mol. The smallest absolute Gasteiger partial charge is 0.194 e. The Bertz CT molecular complexity index is 745. The van der Waals surface area contributed by atoms with Gasteiger partial charge in [-0.15, -0.1) is 24.0 Å². The zero-order chi connectivity index (χ0) is 19.8. The molecule has 1 atom stereocenters. The summed E-state index contributed by atoms with van der Waals surface area (Å²) in [4.78, 5) is 17.4. The molecule has 2 N–H and O–H groups in total. The van der Waals surface area contributed by atoms with Crippen LogP contribution in [0.4, 0.5) is 0 Å². The Balaban J connectivity index is 0.00000300. The number of guanidine groups is 1. The van der Waals surface area contributed by atoms with Gasteiger partial charge in [0.05, 0.1) is 38.2 Å². The summed E-state index contributed by atoms with van der Waals surface area (Å²) < 4.78 is 5.44. The zero-order valence-electron chi connectivity index (χ0n) is 17.6. The Labute approximate surface area is 191 Å². The van der Waals surface area contributed by atoms with Crippen LogP contribution in [0.15, 0.2) is 41.5 Å². The molecule has 1 unspecified atom stereocenters. The van der Waals surface area contributed by atoms with Crippen LogP contribution >= 0.6 is 24.0 Å². The molecule has 29 heavy (non-hydrogen) atoms. The molecule has 0 radical (unpaired) electrons. The second kappa shape index (κ2) is 12.1. The summed E-state index contributed by atoms with van der Waals surface area (Å²) >= 11 is 0. The van der Waals surface area contributed by atoms with Crippen molar-refractivity contribution in [3.63, 3.8) is 0 Å². The Morgan fingerprint density at radius 1 is 1.31 bits per heavy atom. The van der Waals surface area contributed by atoms with E-state index in [0.717, 1.165) is 62.4 Å². The molecule has 0 spiro atoms. The maximum atomic E-state index is 5.44. The molecule has 2 heterocycles. The fourth-order valence-electron chi connectivity index (χ4n) is 3.33. The van der Waals surface area contributed by atoms with E-state index in [4.69, 9.17) is 9.73 Å². The molecule has 1 aliphatic rings. The van der Waals surface area contributed by atoms with Crippen LogP contribution in [0.2, 0.25) is 0 Å². The largest absolute Gasteiger partial charge is 0.379 e. The third kappa shape index (κ3) is 6.97. The maximum absolute atomic E-state index is 5.44. The number of hydrogen-bond acceptors (Lipinski definition) is 4. The number of imidazole rings is 1. The van der Waals surface area contributed by atoms with Gasteiger partial charge in [-0.05, 0) is 19.4 Å². The summed E-state index contributed by atoms with van der Waals surface area (Å²) in [7, 11) is 2.05. The first-order chi connectivity index (χ1) is 13.7. The fourth-order valence-corrected chi connectivity index (χ4v) is 3.33. The van der Waals surface area contributed by atoms with E-state index >= 15 is 0 Å². The van der Waals surface area contributed by atoms with Gasteiger partial charge in [-0.3, -0.25) is 9.89 Å². The number of nitrogens with one attached hydrogen (secondary N) is 2. The van der Waals surface area contributed by atoms with Crippen LogP contribution in [0, 0.1) is 0 Å². The molecule has 0 saturated carbocycles. The lowest BCUT2D eigenvalue weighted by molar-refractivity contribution is 0.0220. The van der Waals surface area contributed by atoms with Gasteiger partial charge in [0.25, 0.3) is 0 Å². The molecule has 160 valence electrons. The molecule has 7 nitrogen and oxygen atoms in total. The minimum atomic E-state index is 0. The van der Waals surface area contributed by atoms with E-state index in [-0.39, 0.29) is 24.0 Å². The monoisotopic (exact) mass is 512 g/mol. The van der Waals surface area contributed by atoms with Crippen LogP contribution in [0.5, 0.6) is 0 Å². The van der Waals surface area contributed by atoms with Gasteiger partial charge < -0.3 is 19.9 Å². The normalized spacial score (nSPS) is 16.2. The van der Waals surface area contributed by atoms with Crippen LogP contribution in [0.1, 0.15) is 19.7 Å². The number of H-pyrrole nitrogens is 1. The Hall–Kier alpha value is -1.65. The zero-order valence-corrected chi connectivity index (χ0v) is 19.9. The fraction of sp³-hybridized carbons (Fsp3) is 0.524. The lowest BCUT2D eigenvalue weighted by Crippen LogP contribution is -2.44. The van der Waals surface area contributed by atoms with E-state index in [0.29, 0.717) is 12.6 Å². The molecule has 1 aliphatic heterocycles. The first kappa shape index (κ1) is 23.6. The van der Waals surface area contributed by atoms with Crippen LogP contribution in [-0.4, -0.2) is 78.2 Å². The highest BCUT2D eigenvalue weighted by molar-refractivity contribution is 14.0. The van der Waals surface area contributed by atoms with Gasteiger partial charge >= 0.3 is 0 Å². The molecule has 3 rings (SSSR count). The number of aromatic amines is 1. The van der Waals surface area contributed by atoms with E-state index in [1.165, 1.54) is 0 Å². The van der Waals surface area contributed by atoms with Crippen molar-refractivity contribution >= 4 is 29.9 Å². The number of ether oxygens (including phenoxy) is 1. The molecule has 8 heteroatoms. The highest BCUT2D eigenvalue weighted by Gasteiger charge is 2.17. The number of benzene rings is 1. The predicted octanol–water partition coefficient (Wildman–Crippen LogP) is 2.81. The third-order valence-electron chi connectivity index (χ3n) is 4.97. The first-order valence-corrected chi connectivity index (χ1v) is 10.1. The maximum Gasteiger partial charge on any atom is 0.194 e. The minimum Gasteiger partial charge on any atom is -0.379 e. The van der Waals surface area contributed by atoms with Gasteiger partial charge in [0.2, 0.25) is 0 Å². The number of aliphatic imine (C=N–C) groups is 1. The lowest BCUT2D eigenvalue weighted by atomic mass is 10.2. The molecule has 1 fully saturated rings. The van der Waals surface area contributed by atoms with Crippen molar-refractivity contribution in [2.24, 2.45) is 4.99 Å². The molecule has 1 aromatic heterocycles. The molecule has 1 aromatic carbocycles. The standard InChI is InChI=1S/C21H32N6O.HI/c1-4-22-21(24-14-17(2)27-10-12-28-13-11-27)26(3)16-20-23-15-19(25-20)18-8-6-5-7-9-18;/h5-9,15,17H,4,10-14,16H2,1-3H3,(H,22,24)(H,23,25);1H. The van der Waals surface area contributed by atoms with Crippen molar-refractivity contribution in [2.75, 3.05) is 46.4 Å². The van der Waals surface area contributed by atoms with Crippen molar-refractivity contribution in [1.82, 2.24) is 25.1 Å². The van der Waals surface area contributed by atoms with Crippen molar-refractivity contribution in [2.45, 2.75) is 26.4 Å². The van der Waals surface area contributed by atoms with Gasteiger partial charge in [-0.25, -0.2) is 4.98 Å². The molecule has 0 bridgehead atoms. The Morgan fingerprint density at radius 2 is 2.03 bits per heavy atom. The number of morpholine rings is 1. The SMILES string of the molecule is CCNC(=NCC(C)N1CCOCC1)N(C)Cc1ncc(-c2ccccc2)[nH]1.I. The average Bonchev–Trinajstić information content (AvgIpc) is 3.20. The minimum absolute atomic E-state index is 0. The number of aromatic nitrogens is 2. The van der Waals surface area contributed by atoms with E-state index in [9.17, 15) is 0 Å². The van der Waals surface area contributed by atoms with Crippen LogP contribution in [0.3, 0.4) is 0 Å². The topological polar surface area (TPSA) is 68.8 Å². The van der Waals surface area contributed by atoms with Gasteiger partial charge in [-0.1, -0.05) is 30.3 Å². The lowest BCUT2D eigenvalue weighted by Gasteiger charge is -2.31. The summed E-state index contributed by atoms with van der Waals surface area (Å²) in [6.07, 6.45) is 1.89. The second-order valence-electron chi connectivity index (χ2n) is 7.16. The number of hydrogen-bond donors (Lipinski definition) is 2. The van der Waals surface area contributed by atoms with Crippen molar-refractivity contribution < 1.29 is 4.74 Å². The number of halogens is 1. The molecule has 2 aromatic rings. The number of nitrogens with zero attached hydrogens (tertiary/aromatic N) is 4. The van der Waals surface area contributed by atoms with Gasteiger partial charge in [-0.2, -0.15) is 0 Å². The van der Waals surface area contributed by atoms with Crippen LogP contribution in [-0.2, 0) is 11.3 Å². The average molecular weight is 512 g/mol. The van der Waals surface area contributed by atoms with E-state index in [1.807, 2.05) is 31.4 Å². The first-order valence-electron chi connectivity index (χ1n) is 10.1. The van der Waals surface area contributed by atoms with Crippen LogP contribution in [0.25, 0.3) is 11.3 Å². The summed E-state index contributed by atoms with van der Waals surface area (Å²) in [5.74, 6) is 1.83. The van der Waals surface area contributed by atoms with Gasteiger partial charge in [0.15, 0.2) is 5.96 Å².